The number of hydrogen-bond acceptors (Lipinski definition) is 10. The summed E-state index contributed by atoms with van der Waals surface area (Å²) in [4.78, 5) is 58.2. The molecule has 2 aliphatic heterocycles. The molecule has 0 saturated carbocycles. The highest BCUT2D eigenvalue weighted by Gasteiger charge is 2.44. The van der Waals surface area contributed by atoms with Gasteiger partial charge in [-0.15, -0.1) is 0 Å². The molecule has 300 valence electrons. The summed E-state index contributed by atoms with van der Waals surface area (Å²) >= 11 is 0. The van der Waals surface area contributed by atoms with Crippen LogP contribution in [0.4, 0.5) is 0 Å². The molecule has 3 N–H and O–H groups in total. The van der Waals surface area contributed by atoms with Crippen molar-refractivity contribution in [2.45, 2.75) is 135 Å². The Kier molecular flexibility index (Phi) is 17.4. The number of rotatable bonds is 21. The van der Waals surface area contributed by atoms with E-state index in [1.54, 1.807) is 26.2 Å². The van der Waals surface area contributed by atoms with E-state index in [-0.39, 0.29) is 48.3 Å². The molecule has 12 heteroatoms. The number of likely N-dealkylation sites (tertiary alicyclic amines) is 1. The van der Waals surface area contributed by atoms with E-state index < -0.39 is 53.9 Å². The molecular formula is C41H68N4O8. The highest BCUT2D eigenvalue weighted by molar-refractivity contribution is 5.92. The van der Waals surface area contributed by atoms with Crippen LogP contribution in [-0.2, 0) is 39.8 Å². The molecular weight excluding hydrogens is 676 g/mol. The number of nitrogens with one attached hydrogen (secondary N) is 2. The average Bonchev–Trinajstić information content (AvgIpc) is 3.83. The van der Waals surface area contributed by atoms with E-state index in [1.807, 2.05) is 62.9 Å². The van der Waals surface area contributed by atoms with Crippen molar-refractivity contribution < 1.29 is 38.5 Å². The largest absolute Gasteiger partial charge is 0.468 e. The molecule has 0 aromatic heterocycles. The minimum absolute atomic E-state index is 0.0141. The number of aliphatic hydroxyl groups excluding tert-OH is 1. The van der Waals surface area contributed by atoms with Crippen LogP contribution in [0.25, 0.3) is 0 Å². The van der Waals surface area contributed by atoms with Gasteiger partial charge in [-0.05, 0) is 63.0 Å². The van der Waals surface area contributed by atoms with Crippen molar-refractivity contribution in [3.8, 4) is 0 Å². The van der Waals surface area contributed by atoms with Crippen molar-refractivity contribution in [3.63, 3.8) is 0 Å². The van der Waals surface area contributed by atoms with Crippen LogP contribution in [0.1, 0.15) is 92.1 Å². The predicted octanol–water partition coefficient (Wildman–Crippen LogP) is 3.97. The SMILES string of the molecule is CC[C@H](C)[C@@H]([C@@H](CC(=O)N1CCC[C@H]1[C@H](OC)[C@@H](C)C(O)N[C@@H](Cc1ccccc1)C(=O)OC)OC)N(C)C(=O)[C@@H](CC(=O)[C@@]1(C)CCCN1)C(C)C. The van der Waals surface area contributed by atoms with Crippen LogP contribution in [0.15, 0.2) is 30.3 Å². The summed E-state index contributed by atoms with van der Waals surface area (Å²) in [6.45, 7) is 13.2. The number of nitrogens with zero attached hydrogens (tertiary/aromatic N) is 2. The number of carbonyl (C=O) groups is 4. The summed E-state index contributed by atoms with van der Waals surface area (Å²) < 4.78 is 17.1. The van der Waals surface area contributed by atoms with Gasteiger partial charge in [0.15, 0.2) is 5.78 Å². The number of amides is 2. The lowest BCUT2D eigenvalue weighted by Crippen LogP contribution is -2.56. The number of methoxy groups -OCH3 is 3. The normalized spacial score (nSPS) is 23.5. The van der Waals surface area contributed by atoms with Gasteiger partial charge in [0.2, 0.25) is 11.8 Å². The number of likely N-dealkylation sites (N-methyl/N-ethyl adjacent to an activating group) is 1. The maximum absolute atomic E-state index is 14.3. The number of ketones is 1. The summed E-state index contributed by atoms with van der Waals surface area (Å²) in [5, 5.41) is 17.8. The number of benzene rings is 1. The van der Waals surface area contributed by atoms with Crippen molar-refractivity contribution in [1.29, 1.82) is 0 Å². The van der Waals surface area contributed by atoms with Crippen molar-refractivity contribution >= 4 is 23.6 Å². The predicted molar refractivity (Wildman–Crippen MR) is 205 cm³/mol. The van der Waals surface area contributed by atoms with E-state index in [0.29, 0.717) is 19.4 Å². The minimum atomic E-state index is -1.13. The molecule has 0 spiro atoms. The van der Waals surface area contributed by atoms with Crippen LogP contribution in [0.2, 0.25) is 0 Å². The quantitative estimate of drug-likeness (QED) is 0.125. The van der Waals surface area contributed by atoms with Crippen molar-refractivity contribution in [2.24, 2.45) is 23.7 Å². The second-order valence-corrected chi connectivity index (χ2v) is 15.9. The van der Waals surface area contributed by atoms with Gasteiger partial charge in [-0.25, -0.2) is 0 Å². The summed E-state index contributed by atoms with van der Waals surface area (Å²) in [6, 6.07) is 8.02. The molecule has 10 atom stereocenters. The number of Topliss-reactive ketones (excluding diaryl/α,β-unsaturated/α-hetero) is 1. The summed E-state index contributed by atoms with van der Waals surface area (Å²) in [5.41, 5.74) is 0.316. The Morgan fingerprint density at radius 2 is 1.72 bits per heavy atom. The van der Waals surface area contributed by atoms with E-state index in [0.717, 1.165) is 37.8 Å². The van der Waals surface area contributed by atoms with Crippen molar-refractivity contribution in [2.75, 3.05) is 41.5 Å². The Bertz CT molecular complexity index is 1320. The molecule has 2 amide bonds. The number of aliphatic hydroxyl groups is 1. The second kappa shape index (κ2) is 20.7. The first-order valence-electron chi connectivity index (χ1n) is 19.6. The number of esters is 1. The van der Waals surface area contributed by atoms with Crippen LogP contribution in [0, 0.1) is 23.7 Å². The molecule has 3 rings (SSSR count). The molecule has 2 aliphatic rings. The molecule has 2 fully saturated rings. The van der Waals surface area contributed by atoms with Crippen LogP contribution < -0.4 is 10.6 Å². The van der Waals surface area contributed by atoms with Gasteiger partial charge >= 0.3 is 5.97 Å². The Labute approximate surface area is 318 Å². The minimum Gasteiger partial charge on any atom is -0.468 e. The number of hydrogen-bond donors (Lipinski definition) is 3. The van der Waals surface area contributed by atoms with Gasteiger partial charge in [0, 0.05) is 46.1 Å². The molecule has 0 bridgehead atoms. The smallest absolute Gasteiger partial charge is 0.323 e. The zero-order valence-electron chi connectivity index (χ0n) is 33.9. The molecule has 1 aromatic carbocycles. The first-order valence-corrected chi connectivity index (χ1v) is 19.6. The topological polar surface area (TPSA) is 147 Å². The van der Waals surface area contributed by atoms with Gasteiger partial charge in [0.1, 0.15) is 12.3 Å². The van der Waals surface area contributed by atoms with Crippen LogP contribution in [-0.4, -0.2) is 122 Å². The lowest BCUT2D eigenvalue weighted by atomic mass is 9.82. The molecule has 2 saturated heterocycles. The number of ether oxygens (including phenoxy) is 3. The Balaban J connectivity index is 1.76. The Morgan fingerprint density at radius 1 is 1.04 bits per heavy atom. The fourth-order valence-electron chi connectivity index (χ4n) is 8.35. The van der Waals surface area contributed by atoms with Gasteiger partial charge in [-0.1, -0.05) is 71.4 Å². The van der Waals surface area contributed by atoms with E-state index in [2.05, 4.69) is 24.5 Å². The van der Waals surface area contributed by atoms with Gasteiger partial charge < -0.3 is 34.4 Å². The molecule has 12 nitrogen and oxygen atoms in total. The number of carbonyl (C=O) groups excluding carboxylic acids is 4. The molecule has 2 heterocycles. The fourth-order valence-corrected chi connectivity index (χ4v) is 8.35. The summed E-state index contributed by atoms with van der Waals surface area (Å²) in [7, 11) is 6.26. The maximum Gasteiger partial charge on any atom is 0.323 e. The first-order chi connectivity index (χ1) is 25.1. The summed E-state index contributed by atoms with van der Waals surface area (Å²) in [5.74, 6) is -1.67. The van der Waals surface area contributed by atoms with Gasteiger partial charge in [0.05, 0.1) is 43.4 Å². The van der Waals surface area contributed by atoms with Crippen LogP contribution in [0.5, 0.6) is 0 Å². The second-order valence-electron chi connectivity index (χ2n) is 15.9. The van der Waals surface area contributed by atoms with Gasteiger partial charge in [-0.3, -0.25) is 24.5 Å². The van der Waals surface area contributed by atoms with Crippen LogP contribution >= 0.6 is 0 Å². The molecule has 53 heavy (non-hydrogen) atoms. The van der Waals surface area contributed by atoms with E-state index in [9.17, 15) is 24.3 Å². The molecule has 0 radical (unpaired) electrons. The van der Waals surface area contributed by atoms with Gasteiger partial charge in [0.25, 0.3) is 0 Å². The van der Waals surface area contributed by atoms with E-state index >= 15 is 0 Å². The average molecular weight is 745 g/mol. The highest BCUT2D eigenvalue weighted by Crippen LogP contribution is 2.32. The van der Waals surface area contributed by atoms with Crippen LogP contribution in [0.3, 0.4) is 0 Å². The molecule has 1 aromatic rings. The third kappa shape index (κ3) is 11.3. The Morgan fingerprint density at radius 3 is 2.26 bits per heavy atom. The third-order valence-corrected chi connectivity index (χ3v) is 12.0. The molecule has 0 aliphatic carbocycles. The van der Waals surface area contributed by atoms with Gasteiger partial charge in [-0.2, -0.15) is 0 Å². The summed E-state index contributed by atoms with van der Waals surface area (Å²) in [6.07, 6.45) is 2.23. The third-order valence-electron chi connectivity index (χ3n) is 12.0. The van der Waals surface area contributed by atoms with E-state index in [4.69, 9.17) is 14.2 Å². The molecule has 1 unspecified atom stereocenters. The maximum atomic E-state index is 14.3. The Hall–Kier alpha value is -2.90. The zero-order chi connectivity index (χ0) is 39.5. The van der Waals surface area contributed by atoms with E-state index in [1.165, 1.54) is 7.11 Å². The standard InChI is InChI=1S/C41H68N4O8/c1-11-27(4)36(44(7)39(49)30(26(2)3)24-34(46)41(6)20-16-21-42-41)33(51-8)25-35(47)45-22-15-19-32(45)37(52-9)28(5)38(48)43-31(40(50)53-10)23-29-17-13-12-14-18-29/h12-14,17-18,26-28,30-33,36-38,42-43,48H,11,15-16,19-25H2,1-10H3/t27-,28+,30-,31-,32-,33+,36-,37+,38?,41+/m0/s1. The van der Waals surface area contributed by atoms with Crippen molar-refractivity contribution in [1.82, 2.24) is 20.4 Å². The highest BCUT2D eigenvalue weighted by atomic mass is 16.5. The monoisotopic (exact) mass is 745 g/mol. The van der Waals surface area contributed by atoms with Crippen molar-refractivity contribution in [3.05, 3.63) is 35.9 Å². The lowest BCUT2D eigenvalue weighted by molar-refractivity contribution is -0.149. The lowest BCUT2D eigenvalue weighted by Gasteiger charge is -2.41. The fraction of sp³-hybridized carbons (Fsp3) is 0.756. The zero-order valence-corrected chi connectivity index (χ0v) is 33.9. The first kappa shape index (κ1) is 44.5.